The standard InChI is InChI=1S/C11H13ClN2O5S/c1-7(2)6-13-11(15)8-3-9(14(16)17)5-10(4-8)20(12,18)19/h3-5,7H,6H2,1-2H3,(H,13,15). The molecule has 0 fully saturated rings. The molecule has 0 bridgehead atoms. The predicted molar refractivity (Wildman–Crippen MR) is 73.3 cm³/mol. The molecule has 0 saturated carbocycles. The Labute approximate surface area is 120 Å². The van der Waals surface area contributed by atoms with Crippen molar-refractivity contribution in [3.8, 4) is 0 Å². The van der Waals surface area contributed by atoms with Crippen LogP contribution >= 0.6 is 10.7 Å². The zero-order valence-corrected chi connectivity index (χ0v) is 12.4. The second kappa shape index (κ2) is 6.19. The van der Waals surface area contributed by atoms with Crippen LogP contribution in [0.15, 0.2) is 23.1 Å². The molecule has 7 nitrogen and oxygen atoms in total. The second-order valence-electron chi connectivity index (χ2n) is 4.51. The van der Waals surface area contributed by atoms with E-state index in [4.69, 9.17) is 10.7 Å². The van der Waals surface area contributed by atoms with E-state index >= 15 is 0 Å². The molecule has 1 amide bonds. The monoisotopic (exact) mass is 320 g/mol. The number of hydrogen-bond donors (Lipinski definition) is 1. The minimum absolute atomic E-state index is 0.126. The SMILES string of the molecule is CC(C)CNC(=O)c1cc([N+](=O)[O-])cc(S(=O)(=O)Cl)c1. The molecule has 0 saturated heterocycles. The van der Waals surface area contributed by atoms with Crippen molar-refractivity contribution in [2.24, 2.45) is 5.92 Å². The number of nitro benzene ring substituents is 1. The number of non-ortho nitro benzene ring substituents is 1. The lowest BCUT2D eigenvalue weighted by Crippen LogP contribution is -2.27. The summed E-state index contributed by atoms with van der Waals surface area (Å²) in [7, 11) is 0.999. The number of carbonyl (C=O) groups excluding carboxylic acids is 1. The molecule has 0 aliphatic heterocycles. The molecule has 0 spiro atoms. The molecule has 0 aliphatic rings. The molecule has 0 aromatic heterocycles. The van der Waals surface area contributed by atoms with Crippen molar-refractivity contribution in [2.45, 2.75) is 18.7 Å². The topological polar surface area (TPSA) is 106 Å². The summed E-state index contributed by atoms with van der Waals surface area (Å²) in [5.74, 6) is -0.405. The predicted octanol–water partition coefficient (Wildman–Crippen LogP) is 1.91. The molecular weight excluding hydrogens is 308 g/mol. The number of halogens is 1. The molecule has 0 radical (unpaired) electrons. The van der Waals surface area contributed by atoms with E-state index in [-0.39, 0.29) is 11.5 Å². The minimum atomic E-state index is -4.16. The van der Waals surface area contributed by atoms with Crippen molar-refractivity contribution in [3.05, 3.63) is 33.9 Å². The van der Waals surface area contributed by atoms with Crippen LogP contribution in [0.1, 0.15) is 24.2 Å². The maximum absolute atomic E-state index is 11.8. The molecule has 0 unspecified atom stereocenters. The first-order valence-corrected chi connectivity index (χ1v) is 7.94. The molecular formula is C11H13ClN2O5S. The summed E-state index contributed by atoms with van der Waals surface area (Å²) in [4.78, 5) is 21.3. The number of carbonyl (C=O) groups is 1. The summed E-state index contributed by atoms with van der Waals surface area (Å²) in [6, 6.07) is 2.81. The Bertz CT molecular complexity index is 642. The fourth-order valence-corrected chi connectivity index (χ4v) is 2.16. The molecule has 9 heteroatoms. The molecule has 1 N–H and O–H groups in total. The van der Waals surface area contributed by atoms with Gasteiger partial charge in [-0.3, -0.25) is 14.9 Å². The molecule has 1 aromatic carbocycles. The van der Waals surface area contributed by atoms with Crippen molar-refractivity contribution < 1.29 is 18.1 Å². The Balaban J connectivity index is 3.22. The van der Waals surface area contributed by atoms with Crippen LogP contribution in [0.4, 0.5) is 5.69 Å². The zero-order chi connectivity index (χ0) is 15.5. The number of rotatable bonds is 5. The normalized spacial score (nSPS) is 11.4. The van der Waals surface area contributed by atoms with Crippen LogP contribution < -0.4 is 5.32 Å². The summed E-state index contributed by atoms with van der Waals surface area (Å²) < 4.78 is 22.5. The number of nitrogens with one attached hydrogen (secondary N) is 1. The fourth-order valence-electron chi connectivity index (χ4n) is 1.36. The molecule has 1 rings (SSSR count). The quantitative estimate of drug-likeness (QED) is 0.506. The van der Waals surface area contributed by atoms with Crippen molar-refractivity contribution in [1.82, 2.24) is 5.32 Å². The van der Waals surface area contributed by atoms with Gasteiger partial charge in [0.25, 0.3) is 20.6 Å². The summed E-state index contributed by atoms with van der Waals surface area (Å²) in [6.45, 7) is 4.12. The molecule has 110 valence electrons. The van der Waals surface area contributed by atoms with Gasteiger partial charge in [-0.15, -0.1) is 0 Å². The van der Waals surface area contributed by atoms with Crippen LogP contribution in [-0.2, 0) is 9.05 Å². The van der Waals surface area contributed by atoms with Gasteiger partial charge in [-0.25, -0.2) is 8.42 Å². The first-order chi connectivity index (χ1) is 9.11. The van der Waals surface area contributed by atoms with Gasteiger partial charge in [0.05, 0.1) is 9.82 Å². The van der Waals surface area contributed by atoms with Gasteiger partial charge in [-0.1, -0.05) is 13.8 Å². The number of nitro groups is 1. The Hall–Kier alpha value is -1.67. The van der Waals surface area contributed by atoms with Crippen LogP contribution in [0.25, 0.3) is 0 Å². The van der Waals surface area contributed by atoms with Crippen molar-refractivity contribution in [2.75, 3.05) is 6.54 Å². The van der Waals surface area contributed by atoms with Gasteiger partial charge in [0, 0.05) is 34.9 Å². The van der Waals surface area contributed by atoms with Gasteiger partial charge in [-0.2, -0.15) is 0 Å². The van der Waals surface area contributed by atoms with E-state index in [1.165, 1.54) is 0 Å². The number of amides is 1. The first-order valence-electron chi connectivity index (χ1n) is 5.63. The molecule has 0 heterocycles. The van der Waals surface area contributed by atoms with Crippen LogP contribution in [0, 0.1) is 16.0 Å². The maximum Gasteiger partial charge on any atom is 0.271 e. The summed E-state index contributed by atoms with van der Waals surface area (Å²) in [5, 5.41) is 13.3. The summed E-state index contributed by atoms with van der Waals surface area (Å²) in [5.41, 5.74) is -0.638. The van der Waals surface area contributed by atoms with Crippen LogP contribution in [0.2, 0.25) is 0 Å². The van der Waals surface area contributed by atoms with E-state index in [1.807, 2.05) is 13.8 Å². The third-order valence-corrected chi connectivity index (χ3v) is 3.65. The number of hydrogen-bond acceptors (Lipinski definition) is 5. The Morgan fingerprint density at radius 3 is 2.45 bits per heavy atom. The van der Waals surface area contributed by atoms with Gasteiger partial charge in [0.1, 0.15) is 0 Å². The van der Waals surface area contributed by atoms with E-state index < -0.39 is 30.5 Å². The minimum Gasteiger partial charge on any atom is -0.352 e. The molecule has 1 aromatic rings. The average Bonchev–Trinajstić information content (AvgIpc) is 2.34. The Kier molecular flexibility index (Phi) is 5.07. The lowest BCUT2D eigenvalue weighted by Gasteiger charge is -2.08. The lowest BCUT2D eigenvalue weighted by atomic mass is 10.1. The highest BCUT2D eigenvalue weighted by atomic mass is 35.7. The largest absolute Gasteiger partial charge is 0.352 e. The first kappa shape index (κ1) is 16.4. The van der Waals surface area contributed by atoms with Crippen molar-refractivity contribution >= 4 is 31.3 Å². The summed E-state index contributed by atoms with van der Waals surface area (Å²) >= 11 is 0. The second-order valence-corrected chi connectivity index (χ2v) is 7.08. The van der Waals surface area contributed by atoms with Crippen LogP contribution in [0.3, 0.4) is 0 Å². The zero-order valence-electron chi connectivity index (χ0n) is 10.8. The van der Waals surface area contributed by atoms with Gasteiger partial charge >= 0.3 is 0 Å². The molecule has 20 heavy (non-hydrogen) atoms. The highest BCUT2D eigenvalue weighted by molar-refractivity contribution is 8.13. The van der Waals surface area contributed by atoms with Gasteiger partial charge in [0.15, 0.2) is 0 Å². The van der Waals surface area contributed by atoms with Gasteiger partial charge in [-0.05, 0) is 12.0 Å². The van der Waals surface area contributed by atoms with Gasteiger partial charge < -0.3 is 5.32 Å². The van der Waals surface area contributed by atoms with E-state index in [2.05, 4.69) is 5.32 Å². The maximum atomic E-state index is 11.8. The highest BCUT2D eigenvalue weighted by Gasteiger charge is 2.20. The average molecular weight is 321 g/mol. The van der Waals surface area contributed by atoms with Gasteiger partial charge in [0.2, 0.25) is 0 Å². The van der Waals surface area contributed by atoms with Crippen LogP contribution in [-0.4, -0.2) is 25.8 Å². The van der Waals surface area contributed by atoms with E-state index in [9.17, 15) is 23.3 Å². The van der Waals surface area contributed by atoms with Crippen molar-refractivity contribution in [1.29, 1.82) is 0 Å². The molecule has 0 atom stereocenters. The number of nitrogens with zero attached hydrogens (tertiary/aromatic N) is 1. The third-order valence-electron chi connectivity index (χ3n) is 2.32. The molecule has 0 aliphatic carbocycles. The van der Waals surface area contributed by atoms with Crippen molar-refractivity contribution in [3.63, 3.8) is 0 Å². The fraction of sp³-hybridized carbons (Fsp3) is 0.364. The lowest BCUT2D eigenvalue weighted by molar-refractivity contribution is -0.385. The third kappa shape index (κ3) is 4.46. The van der Waals surface area contributed by atoms with E-state index in [0.717, 1.165) is 18.2 Å². The summed E-state index contributed by atoms with van der Waals surface area (Å²) in [6.07, 6.45) is 0. The number of benzene rings is 1. The van der Waals surface area contributed by atoms with E-state index in [1.54, 1.807) is 0 Å². The highest BCUT2D eigenvalue weighted by Crippen LogP contribution is 2.23. The smallest absolute Gasteiger partial charge is 0.271 e. The Morgan fingerprint density at radius 1 is 1.40 bits per heavy atom. The van der Waals surface area contributed by atoms with Crippen LogP contribution in [0.5, 0.6) is 0 Å². The Morgan fingerprint density at radius 2 is 2.00 bits per heavy atom. The van der Waals surface area contributed by atoms with E-state index in [0.29, 0.717) is 6.54 Å².